The Morgan fingerprint density at radius 2 is 2.28 bits per heavy atom. The molecule has 0 aliphatic rings. The predicted molar refractivity (Wildman–Crippen MR) is 61.0 cm³/mol. The van der Waals surface area contributed by atoms with Gasteiger partial charge >= 0.3 is 5.97 Å². The van der Waals surface area contributed by atoms with Crippen LogP contribution in [0.2, 0.25) is 0 Å². The van der Waals surface area contributed by atoms with E-state index in [4.69, 9.17) is 9.52 Å². The quantitative estimate of drug-likeness (QED) is 0.827. The van der Waals surface area contributed by atoms with Crippen molar-refractivity contribution in [2.45, 2.75) is 19.8 Å². The number of nitrogens with one attached hydrogen (secondary N) is 1. The zero-order valence-electron chi connectivity index (χ0n) is 9.64. The van der Waals surface area contributed by atoms with Crippen LogP contribution in [0.5, 0.6) is 0 Å². The van der Waals surface area contributed by atoms with Crippen LogP contribution in [0.25, 0.3) is 11.5 Å². The van der Waals surface area contributed by atoms with Gasteiger partial charge in [0.15, 0.2) is 5.43 Å². The van der Waals surface area contributed by atoms with E-state index in [1.165, 1.54) is 12.3 Å². The van der Waals surface area contributed by atoms with E-state index in [9.17, 15) is 9.59 Å². The fraction of sp³-hybridized carbons (Fsp3) is 0.273. The van der Waals surface area contributed by atoms with Gasteiger partial charge in [0.1, 0.15) is 5.56 Å². The first-order valence-electron chi connectivity index (χ1n) is 5.30. The minimum atomic E-state index is -0.942. The molecule has 0 saturated heterocycles. The van der Waals surface area contributed by atoms with Crippen molar-refractivity contribution in [3.8, 4) is 11.5 Å². The van der Waals surface area contributed by atoms with Gasteiger partial charge in [-0.15, -0.1) is 10.2 Å². The molecule has 0 aliphatic carbocycles. The summed E-state index contributed by atoms with van der Waals surface area (Å²) in [6.45, 7) is 1.76. The second kappa shape index (κ2) is 4.82. The highest BCUT2D eigenvalue weighted by Gasteiger charge is 2.12. The third kappa shape index (κ3) is 2.62. The molecule has 0 aliphatic heterocycles. The molecule has 0 atom stereocenters. The molecule has 2 N–H and O–H groups in total. The SMILES string of the molecule is Cc1cc(=O)c(-c2nnc(CCC(=O)O)o2)c[nH]1. The van der Waals surface area contributed by atoms with Crippen LogP contribution < -0.4 is 5.43 Å². The molecule has 2 rings (SSSR count). The molecule has 0 bridgehead atoms. The maximum Gasteiger partial charge on any atom is 0.303 e. The molecule has 7 heteroatoms. The van der Waals surface area contributed by atoms with E-state index in [0.717, 1.165) is 5.69 Å². The fourth-order valence-electron chi connectivity index (χ4n) is 1.42. The molecule has 0 saturated carbocycles. The number of aromatic nitrogens is 3. The standard InChI is InChI=1S/C11H11N3O4/c1-6-4-8(15)7(5-12-6)11-14-13-9(18-11)2-3-10(16)17/h4-5H,2-3H2,1H3,(H,12,15)(H,16,17). The van der Waals surface area contributed by atoms with E-state index in [1.54, 1.807) is 6.92 Å². The summed E-state index contributed by atoms with van der Waals surface area (Å²) >= 11 is 0. The van der Waals surface area contributed by atoms with Crippen LogP contribution in [0.15, 0.2) is 21.5 Å². The summed E-state index contributed by atoms with van der Waals surface area (Å²) in [5.41, 5.74) is 0.781. The Balaban J connectivity index is 2.24. The summed E-state index contributed by atoms with van der Waals surface area (Å²) < 4.78 is 5.24. The smallest absolute Gasteiger partial charge is 0.303 e. The Kier molecular flexibility index (Phi) is 3.22. The molecule has 94 valence electrons. The Bertz CT molecular complexity index is 629. The lowest BCUT2D eigenvalue weighted by Gasteiger charge is -1.95. The predicted octanol–water partition coefficient (Wildman–Crippen LogP) is 0.751. The van der Waals surface area contributed by atoms with E-state index >= 15 is 0 Å². The highest BCUT2D eigenvalue weighted by Crippen LogP contribution is 2.13. The number of hydrogen-bond acceptors (Lipinski definition) is 5. The number of nitrogens with zero attached hydrogens (tertiary/aromatic N) is 2. The summed E-state index contributed by atoms with van der Waals surface area (Å²) in [6, 6.07) is 1.43. The van der Waals surface area contributed by atoms with Crippen molar-refractivity contribution in [3.05, 3.63) is 34.1 Å². The van der Waals surface area contributed by atoms with Crippen molar-refractivity contribution >= 4 is 5.97 Å². The summed E-state index contributed by atoms with van der Waals surface area (Å²) in [4.78, 5) is 24.9. The maximum absolute atomic E-state index is 11.7. The van der Waals surface area contributed by atoms with Crippen molar-refractivity contribution < 1.29 is 14.3 Å². The van der Waals surface area contributed by atoms with Crippen molar-refractivity contribution in [2.24, 2.45) is 0 Å². The van der Waals surface area contributed by atoms with Crippen molar-refractivity contribution in [2.75, 3.05) is 0 Å². The number of aliphatic carboxylic acids is 1. The van der Waals surface area contributed by atoms with Crippen LogP contribution in [0.4, 0.5) is 0 Å². The van der Waals surface area contributed by atoms with Crippen LogP contribution >= 0.6 is 0 Å². The van der Waals surface area contributed by atoms with E-state index in [2.05, 4.69) is 15.2 Å². The van der Waals surface area contributed by atoms with Gasteiger partial charge in [0.05, 0.1) is 6.42 Å². The van der Waals surface area contributed by atoms with Crippen molar-refractivity contribution in [3.63, 3.8) is 0 Å². The van der Waals surface area contributed by atoms with Crippen molar-refractivity contribution in [1.29, 1.82) is 0 Å². The van der Waals surface area contributed by atoms with Gasteiger partial charge in [-0.05, 0) is 6.92 Å². The molecule has 0 aromatic carbocycles. The first-order chi connectivity index (χ1) is 8.56. The third-order valence-electron chi connectivity index (χ3n) is 2.31. The van der Waals surface area contributed by atoms with E-state index in [-0.39, 0.29) is 35.6 Å². The topological polar surface area (TPSA) is 109 Å². The number of aromatic amines is 1. The molecule has 18 heavy (non-hydrogen) atoms. The van der Waals surface area contributed by atoms with Crippen LogP contribution in [0, 0.1) is 6.92 Å². The highest BCUT2D eigenvalue weighted by atomic mass is 16.4. The first-order valence-corrected chi connectivity index (χ1v) is 5.30. The average Bonchev–Trinajstić information content (AvgIpc) is 2.75. The highest BCUT2D eigenvalue weighted by molar-refractivity contribution is 5.66. The number of carbonyl (C=O) groups is 1. The molecule has 0 spiro atoms. The Morgan fingerprint density at radius 1 is 1.50 bits per heavy atom. The Labute approximate surface area is 101 Å². The van der Waals surface area contributed by atoms with E-state index < -0.39 is 5.97 Å². The summed E-state index contributed by atoms with van der Waals surface area (Å²) in [5, 5.41) is 15.9. The molecule has 0 fully saturated rings. The molecular formula is C11H11N3O4. The van der Waals surface area contributed by atoms with Crippen LogP contribution in [0.1, 0.15) is 18.0 Å². The minimum absolute atomic E-state index is 0.0914. The third-order valence-corrected chi connectivity index (χ3v) is 2.31. The number of rotatable bonds is 4. The van der Waals surface area contributed by atoms with Gasteiger partial charge in [-0.2, -0.15) is 0 Å². The number of hydrogen-bond donors (Lipinski definition) is 2. The number of carboxylic acids is 1. The van der Waals surface area contributed by atoms with Gasteiger partial charge in [0.25, 0.3) is 5.89 Å². The normalized spacial score (nSPS) is 10.5. The van der Waals surface area contributed by atoms with E-state index in [0.29, 0.717) is 0 Å². The van der Waals surface area contributed by atoms with Gasteiger partial charge in [-0.1, -0.05) is 0 Å². The number of aryl methyl sites for hydroxylation is 2. The largest absolute Gasteiger partial charge is 0.481 e. The Morgan fingerprint density at radius 3 is 2.94 bits per heavy atom. The minimum Gasteiger partial charge on any atom is -0.481 e. The average molecular weight is 249 g/mol. The lowest BCUT2D eigenvalue weighted by atomic mass is 10.2. The van der Waals surface area contributed by atoms with Crippen LogP contribution in [0.3, 0.4) is 0 Å². The molecule has 7 nitrogen and oxygen atoms in total. The van der Waals surface area contributed by atoms with Crippen molar-refractivity contribution in [1.82, 2.24) is 15.2 Å². The lowest BCUT2D eigenvalue weighted by molar-refractivity contribution is -0.137. The van der Waals surface area contributed by atoms with Crippen LogP contribution in [-0.4, -0.2) is 26.3 Å². The monoisotopic (exact) mass is 249 g/mol. The summed E-state index contributed by atoms with van der Waals surface area (Å²) in [6.07, 6.45) is 1.55. The van der Waals surface area contributed by atoms with Gasteiger partial charge in [0, 0.05) is 24.4 Å². The first kappa shape index (κ1) is 12.0. The molecule has 2 aromatic rings. The molecule has 0 amide bonds. The summed E-state index contributed by atoms with van der Waals surface area (Å²) in [5.74, 6) is -0.646. The number of carboxylic acid groups (broad SMARTS) is 1. The lowest BCUT2D eigenvalue weighted by Crippen LogP contribution is -2.05. The van der Waals surface area contributed by atoms with E-state index in [1.807, 2.05) is 0 Å². The Hall–Kier alpha value is -2.44. The fourth-order valence-corrected chi connectivity index (χ4v) is 1.42. The number of H-pyrrole nitrogens is 1. The second-order valence-corrected chi connectivity index (χ2v) is 3.79. The number of pyridine rings is 1. The van der Waals surface area contributed by atoms with Gasteiger partial charge in [0.2, 0.25) is 5.89 Å². The zero-order chi connectivity index (χ0) is 13.1. The zero-order valence-corrected chi connectivity index (χ0v) is 9.64. The molecule has 0 unspecified atom stereocenters. The van der Waals surface area contributed by atoms with Gasteiger partial charge in [-0.25, -0.2) is 0 Å². The molecule has 0 radical (unpaired) electrons. The maximum atomic E-state index is 11.7. The second-order valence-electron chi connectivity index (χ2n) is 3.79. The van der Waals surface area contributed by atoms with Gasteiger partial charge in [-0.3, -0.25) is 9.59 Å². The van der Waals surface area contributed by atoms with Gasteiger partial charge < -0.3 is 14.5 Å². The molecule has 2 aromatic heterocycles. The molecule has 2 heterocycles. The summed E-state index contributed by atoms with van der Waals surface area (Å²) in [7, 11) is 0. The van der Waals surface area contributed by atoms with Crippen LogP contribution in [-0.2, 0) is 11.2 Å². The molecular weight excluding hydrogens is 238 g/mol.